The van der Waals surface area contributed by atoms with E-state index in [0.717, 1.165) is 26.5 Å². The van der Waals surface area contributed by atoms with Gasteiger partial charge >= 0.3 is 0 Å². The molecule has 0 saturated heterocycles. The molecule has 2 nitrogen and oxygen atoms in total. The van der Waals surface area contributed by atoms with Crippen LogP contribution in [0.25, 0.3) is 0 Å². The number of nitrogens with two attached hydrogens (primary N) is 1. The average molecular weight is 396 g/mol. The van der Waals surface area contributed by atoms with Crippen LogP contribution in [0.2, 0.25) is 0 Å². The van der Waals surface area contributed by atoms with Crippen molar-refractivity contribution in [1.29, 1.82) is 0 Å². The van der Waals surface area contributed by atoms with Crippen molar-refractivity contribution in [3.63, 3.8) is 0 Å². The van der Waals surface area contributed by atoms with Crippen molar-refractivity contribution < 1.29 is 4.21 Å². The minimum absolute atomic E-state index is 0.0227. The van der Waals surface area contributed by atoms with Gasteiger partial charge in [-0.2, -0.15) is 11.8 Å². The van der Waals surface area contributed by atoms with Crippen LogP contribution >= 0.6 is 11.8 Å². The van der Waals surface area contributed by atoms with Crippen molar-refractivity contribution in [2.75, 3.05) is 6.26 Å². The molecule has 140 valence electrons. The van der Waals surface area contributed by atoms with Gasteiger partial charge in [-0.15, -0.1) is 0 Å². The Morgan fingerprint density at radius 3 is 2.15 bits per heavy atom. The van der Waals surface area contributed by atoms with Crippen molar-refractivity contribution in [2.45, 2.75) is 34.4 Å². The minimum atomic E-state index is -1.25. The first-order valence-electron chi connectivity index (χ1n) is 8.89. The Bertz CT molecular complexity index is 921. The second-order valence-electron chi connectivity index (χ2n) is 6.88. The Morgan fingerprint density at radius 2 is 1.52 bits per heavy atom. The first-order valence-corrected chi connectivity index (χ1v) is 11.3. The molecule has 0 aliphatic carbocycles. The molecular formula is C23H25NOS2. The summed E-state index contributed by atoms with van der Waals surface area (Å²) in [5, 5.41) is -0.0227. The van der Waals surface area contributed by atoms with E-state index in [2.05, 4.69) is 31.4 Å². The molecule has 0 heterocycles. The third kappa shape index (κ3) is 4.18. The van der Waals surface area contributed by atoms with Gasteiger partial charge in [-0.1, -0.05) is 66.2 Å². The predicted octanol–water partition coefficient (Wildman–Crippen LogP) is 5.44. The molecule has 0 fully saturated rings. The monoisotopic (exact) mass is 395 g/mol. The number of hydrogen-bond donors (Lipinski definition) is 1. The zero-order valence-electron chi connectivity index (χ0n) is 15.9. The normalized spacial score (nSPS) is 15.7. The maximum absolute atomic E-state index is 13.3. The van der Waals surface area contributed by atoms with E-state index in [1.807, 2.05) is 67.6 Å². The lowest BCUT2D eigenvalue weighted by molar-refractivity contribution is 0.477. The van der Waals surface area contributed by atoms with E-state index in [0.29, 0.717) is 0 Å². The van der Waals surface area contributed by atoms with Crippen LogP contribution in [0.5, 0.6) is 0 Å². The van der Waals surface area contributed by atoms with Gasteiger partial charge in [-0.25, -0.2) is 4.21 Å². The van der Waals surface area contributed by atoms with Gasteiger partial charge in [0.15, 0.2) is 0 Å². The fraction of sp³-hybridized carbons (Fsp3) is 0.217. The standard InChI is InChI=1S/C23H25NOS2/c1-17-13-15-19(16-14-17)27(25)21-12-8-7-11-20(21)22(26-3)23(2,24)18-9-5-4-6-10-18/h4-16,22H,24H2,1-3H3/t22-,23-,27-/m0/s1. The number of rotatable bonds is 6. The molecule has 0 amide bonds. The molecule has 0 bridgehead atoms. The van der Waals surface area contributed by atoms with Gasteiger partial charge in [0.2, 0.25) is 0 Å². The first-order chi connectivity index (χ1) is 12.9. The molecule has 0 saturated carbocycles. The summed E-state index contributed by atoms with van der Waals surface area (Å²) in [6.45, 7) is 4.08. The minimum Gasteiger partial charge on any atom is -0.320 e. The van der Waals surface area contributed by atoms with Gasteiger partial charge in [0, 0.05) is 9.79 Å². The fourth-order valence-electron chi connectivity index (χ4n) is 3.30. The summed E-state index contributed by atoms with van der Waals surface area (Å²) in [6, 6.07) is 25.9. The molecule has 0 aromatic heterocycles. The maximum Gasteiger partial charge on any atom is 0.0852 e. The molecule has 2 N–H and O–H groups in total. The summed E-state index contributed by atoms with van der Waals surface area (Å²) in [5.74, 6) is 0. The van der Waals surface area contributed by atoms with E-state index in [1.165, 1.54) is 0 Å². The maximum atomic E-state index is 13.3. The van der Waals surface area contributed by atoms with Gasteiger partial charge in [0.05, 0.1) is 21.6 Å². The highest BCUT2D eigenvalue weighted by Gasteiger charge is 2.34. The smallest absolute Gasteiger partial charge is 0.0852 e. The Kier molecular flexibility index (Phi) is 6.20. The van der Waals surface area contributed by atoms with Gasteiger partial charge in [-0.05, 0) is 49.4 Å². The molecule has 3 aromatic rings. The molecule has 3 atom stereocenters. The summed E-state index contributed by atoms with van der Waals surface area (Å²) in [6.07, 6.45) is 2.06. The molecule has 4 heteroatoms. The van der Waals surface area contributed by atoms with E-state index >= 15 is 0 Å². The second-order valence-corrected chi connectivity index (χ2v) is 9.28. The van der Waals surface area contributed by atoms with Crippen molar-refractivity contribution >= 4 is 22.6 Å². The summed E-state index contributed by atoms with van der Waals surface area (Å²) >= 11 is 1.69. The lowest BCUT2D eigenvalue weighted by atomic mass is 9.86. The number of benzene rings is 3. The predicted molar refractivity (Wildman–Crippen MR) is 117 cm³/mol. The van der Waals surface area contributed by atoms with E-state index in [4.69, 9.17) is 5.73 Å². The van der Waals surface area contributed by atoms with Crippen molar-refractivity contribution in [2.24, 2.45) is 5.73 Å². The largest absolute Gasteiger partial charge is 0.320 e. The highest BCUT2D eigenvalue weighted by Crippen LogP contribution is 2.44. The molecule has 3 aromatic carbocycles. The van der Waals surface area contributed by atoms with Gasteiger partial charge in [0.1, 0.15) is 0 Å². The molecule has 0 radical (unpaired) electrons. The van der Waals surface area contributed by atoms with Crippen LogP contribution in [0.3, 0.4) is 0 Å². The van der Waals surface area contributed by atoms with Crippen LogP contribution in [-0.2, 0) is 16.3 Å². The first kappa shape index (κ1) is 19.9. The molecule has 0 spiro atoms. The highest BCUT2D eigenvalue weighted by atomic mass is 32.2. The Balaban J connectivity index is 2.06. The SMILES string of the molecule is CS[C@@H](c1ccccc1[S@@](=O)c1ccc(C)cc1)[C@@](C)(N)c1ccccc1. The second kappa shape index (κ2) is 8.42. The molecule has 27 heavy (non-hydrogen) atoms. The molecule has 0 aliphatic heterocycles. The van der Waals surface area contributed by atoms with Crippen LogP contribution in [0.4, 0.5) is 0 Å². The molecule has 0 unspecified atom stereocenters. The lowest BCUT2D eigenvalue weighted by Crippen LogP contribution is -2.38. The van der Waals surface area contributed by atoms with Crippen LogP contribution in [0, 0.1) is 6.92 Å². The number of hydrogen-bond acceptors (Lipinski definition) is 3. The number of thioether (sulfide) groups is 1. The Labute approximate surface area is 168 Å². The Morgan fingerprint density at radius 1 is 0.926 bits per heavy atom. The lowest BCUT2D eigenvalue weighted by Gasteiger charge is -2.35. The van der Waals surface area contributed by atoms with E-state index in [-0.39, 0.29) is 5.25 Å². The third-order valence-corrected chi connectivity index (χ3v) is 7.50. The van der Waals surface area contributed by atoms with Crippen molar-refractivity contribution in [3.05, 3.63) is 95.6 Å². The van der Waals surface area contributed by atoms with E-state index in [9.17, 15) is 4.21 Å². The zero-order chi connectivity index (χ0) is 19.4. The van der Waals surface area contributed by atoms with E-state index in [1.54, 1.807) is 11.8 Å². The van der Waals surface area contributed by atoms with Gasteiger partial charge < -0.3 is 5.73 Å². The van der Waals surface area contributed by atoms with Crippen LogP contribution < -0.4 is 5.73 Å². The fourth-order valence-corrected chi connectivity index (χ4v) is 5.70. The summed E-state index contributed by atoms with van der Waals surface area (Å²) in [7, 11) is -1.25. The molecule has 3 rings (SSSR count). The molecular weight excluding hydrogens is 370 g/mol. The number of aryl methyl sites for hydroxylation is 1. The van der Waals surface area contributed by atoms with Crippen molar-refractivity contribution in [3.8, 4) is 0 Å². The van der Waals surface area contributed by atoms with Crippen LogP contribution in [0.1, 0.15) is 28.9 Å². The average Bonchev–Trinajstić information content (AvgIpc) is 2.69. The summed E-state index contributed by atoms with van der Waals surface area (Å²) < 4.78 is 13.3. The topological polar surface area (TPSA) is 43.1 Å². The zero-order valence-corrected chi connectivity index (χ0v) is 17.5. The van der Waals surface area contributed by atoms with Crippen molar-refractivity contribution in [1.82, 2.24) is 0 Å². The quantitative estimate of drug-likeness (QED) is 0.604. The molecule has 0 aliphatic rings. The van der Waals surface area contributed by atoms with Gasteiger partial charge in [-0.3, -0.25) is 0 Å². The third-order valence-electron chi connectivity index (χ3n) is 4.81. The van der Waals surface area contributed by atoms with Crippen LogP contribution in [-0.4, -0.2) is 10.5 Å². The summed E-state index contributed by atoms with van der Waals surface area (Å²) in [4.78, 5) is 1.64. The summed E-state index contributed by atoms with van der Waals surface area (Å²) in [5.41, 5.74) is 9.50. The van der Waals surface area contributed by atoms with E-state index < -0.39 is 16.3 Å². The highest BCUT2D eigenvalue weighted by molar-refractivity contribution is 7.99. The van der Waals surface area contributed by atoms with Crippen LogP contribution in [0.15, 0.2) is 88.7 Å². The van der Waals surface area contributed by atoms with Gasteiger partial charge in [0.25, 0.3) is 0 Å². The Hall–Kier alpha value is -1.88.